The molecule has 0 heterocycles. The second kappa shape index (κ2) is 14.8. The third-order valence-corrected chi connectivity index (χ3v) is 4.04. The van der Waals surface area contributed by atoms with Gasteiger partial charge in [0, 0.05) is 32.2 Å². The molecule has 148 valence electrons. The van der Waals surface area contributed by atoms with Gasteiger partial charge in [-0.3, -0.25) is 14.7 Å². The number of carbonyl (C=O) groups excluding carboxylic acids is 1. The summed E-state index contributed by atoms with van der Waals surface area (Å²) in [5.41, 5.74) is 1.32. The van der Waals surface area contributed by atoms with Gasteiger partial charge in [0.05, 0.1) is 13.5 Å². The number of esters is 1. The molecule has 0 aromatic heterocycles. The molecule has 0 bridgehead atoms. The quantitative estimate of drug-likeness (QED) is 0.235. The summed E-state index contributed by atoms with van der Waals surface area (Å²) in [6, 6.07) is 10.9. The second-order valence-corrected chi connectivity index (χ2v) is 6.05. The zero-order chi connectivity index (χ0) is 18.5. The van der Waals surface area contributed by atoms with Gasteiger partial charge < -0.3 is 15.4 Å². The summed E-state index contributed by atoms with van der Waals surface area (Å²) in [5.74, 6) is 0.517. The van der Waals surface area contributed by atoms with Crippen LogP contribution in [0.25, 0.3) is 0 Å². The molecule has 1 atom stereocenters. The monoisotopic (exact) mass is 476 g/mol. The third kappa shape index (κ3) is 10.6. The number of carbonyl (C=O) groups is 1. The standard InChI is InChI=1S/C19H32N4O2.HI/c1-5-20-19(22-14-12-18(24)25-4)21-13-11-16(2)23(3)15-17-9-7-6-8-10-17;/h6-10,16H,5,11-15H2,1-4H3,(H2,20,21,22);1H. The molecule has 2 N–H and O–H groups in total. The van der Waals surface area contributed by atoms with Crippen molar-refractivity contribution in [2.75, 3.05) is 33.8 Å². The van der Waals surface area contributed by atoms with E-state index in [1.807, 2.05) is 13.0 Å². The van der Waals surface area contributed by atoms with Crippen molar-refractivity contribution in [2.24, 2.45) is 4.99 Å². The molecule has 1 aromatic rings. The summed E-state index contributed by atoms with van der Waals surface area (Å²) < 4.78 is 4.64. The van der Waals surface area contributed by atoms with Gasteiger partial charge in [-0.2, -0.15) is 0 Å². The summed E-state index contributed by atoms with van der Waals surface area (Å²) in [6.45, 7) is 7.20. The van der Waals surface area contributed by atoms with Crippen molar-refractivity contribution in [1.29, 1.82) is 0 Å². The fourth-order valence-corrected chi connectivity index (χ4v) is 2.34. The van der Waals surface area contributed by atoms with E-state index in [2.05, 4.69) is 63.5 Å². The van der Waals surface area contributed by atoms with Crippen molar-refractivity contribution in [3.63, 3.8) is 0 Å². The predicted molar refractivity (Wildman–Crippen MR) is 118 cm³/mol. The summed E-state index contributed by atoms with van der Waals surface area (Å²) in [7, 11) is 3.54. The first kappa shape index (κ1) is 24.7. The molecule has 1 unspecified atom stereocenters. The van der Waals surface area contributed by atoms with E-state index in [-0.39, 0.29) is 29.9 Å². The largest absolute Gasteiger partial charge is 0.469 e. The number of hydrogen-bond acceptors (Lipinski definition) is 4. The number of rotatable bonds is 10. The number of guanidine groups is 1. The Bertz CT molecular complexity index is 526. The van der Waals surface area contributed by atoms with E-state index in [0.29, 0.717) is 19.0 Å². The van der Waals surface area contributed by atoms with Crippen molar-refractivity contribution < 1.29 is 9.53 Å². The Morgan fingerprint density at radius 3 is 2.58 bits per heavy atom. The minimum atomic E-state index is -0.223. The molecule has 0 aliphatic heterocycles. The van der Waals surface area contributed by atoms with Crippen LogP contribution in [0.4, 0.5) is 0 Å². The lowest BCUT2D eigenvalue weighted by Gasteiger charge is -2.24. The average molecular weight is 476 g/mol. The molecule has 0 fully saturated rings. The molecular formula is C19H33IN4O2. The Morgan fingerprint density at radius 1 is 1.27 bits per heavy atom. The average Bonchev–Trinajstić information content (AvgIpc) is 2.62. The molecule has 0 aliphatic carbocycles. The number of ether oxygens (including phenoxy) is 1. The van der Waals surface area contributed by atoms with Crippen molar-refractivity contribution in [1.82, 2.24) is 15.5 Å². The van der Waals surface area contributed by atoms with Crippen LogP contribution in [-0.4, -0.2) is 56.7 Å². The number of nitrogens with zero attached hydrogens (tertiary/aromatic N) is 2. The fourth-order valence-electron chi connectivity index (χ4n) is 2.34. The first-order valence-corrected chi connectivity index (χ1v) is 8.90. The van der Waals surface area contributed by atoms with Gasteiger partial charge in [0.15, 0.2) is 5.96 Å². The molecule has 0 saturated heterocycles. The molecule has 7 heteroatoms. The van der Waals surface area contributed by atoms with Crippen LogP contribution in [0.15, 0.2) is 35.3 Å². The van der Waals surface area contributed by atoms with Gasteiger partial charge in [-0.25, -0.2) is 0 Å². The zero-order valence-electron chi connectivity index (χ0n) is 16.3. The highest BCUT2D eigenvalue weighted by molar-refractivity contribution is 14.0. The van der Waals surface area contributed by atoms with Crippen LogP contribution in [0.2, 0.25) is 0 Å². The molecular weight excluding hydrogens is 443 g/mol. The number of benzene rings is 1. The zero-order valence-corrected chi connectivity index (χ0v) is 18.7. The van der Waals surface area contributed by atoms with Crippen molar-refractivity contribution >= 4 is 35.9 Å². The first-order chi connectivity index (χ1) is 12.1. The fraction of sp³-hybridized carbons (Fsp3) is 0.579. The third-order valence-electron chi connectivity index (χ3n) is 4.04. The van der Waals surface area contributed by atoms with Crippen LogP contribution in [-0.2, 0) is 16.1 Å². The lowest BCUT2D eigenvalue weighted by Crippen LogP contribution is -2.38. The van der Waals surface area contributed by atoms with Gasteiger partial charge in [0.25, 0.3) is 0 Å². The Labute approximate surface area is 174 Å². The molecule has 0 spiro atoms. The Balaban J connectivity index is 0.00000625. The van der Waals surface area contributed by atoms with Gasteiger partial charge >= 0.3 is 5.97 Å². The molecule has 26 heavy (non-hydrogen) atoms. The first-order valence-electron chi connectivity index (χ1n) is 8.90. The molecule has 1 rings (SSSR count). The lowest BCUT2D eigenvalue weighted by atomic mass is 10.1. The molecule has 0 amide bonds. The van der Waals surface area contributed by atoms with Crippen LogP contribution < -0.4 is 10.6 Å². The van der Waals surface area contributed by atoms with Gasteiger partial charge in [0.1, 0.15) is 0 Å². The highest BCUT2D eigenvalue weighted by Gasteiger charge is 2.09. The summed E-state index contributed by atoms with van der Waals surface area (Å²) in [5, 5.41) is 6.34. The van der Waals surface area contributed by atoms with E-state index >= 15 is 0 Å². The van der Waals surface area contributed by atoms with Crippen LogP contribution in [0.1, 0.15) is 32.3 Å². The maximum Gasteiger partial charge on any atom is 0.307 e. The molecule has 6 nitrogen and oxygen atoms in total. The highest BCUT2D eigenvalue weighted by atomic mass is 127. The number of methoxy groups -OCH3 is 1. The molecule has 0 radical (unpaired) electrons. The maximum atomic E-state index is 11.2. The topological polar surface area (TPSA) is 66.0 Å². The summed E-state index contributed by atoms with van der Waals surface area (Å²) >= 11 is 0. The summed E-state index contributed by atoms with van der Waals surface area (Å²) in [6.07, 6.45) is 1.30. The van der Waals surface area contributed by atoms with Gasteiger partial charge in [-0.15, -0.1) is 24.0 Å². The van der Waals surface area contributed by atoms with E-state index in [0.717, 1.165) is 32.0 Å². The van der Waals surface area contributed by atoms with Gasteiger partial charge in [-0.1, -0.05) is 30.3 Å². The van der Waals surface area contributed by atoms with E-state index in [1.165, 1.54) is 12.7 Å². The van der Waals surface area contributed by atoms with Gasteiger partial charge in [0.2, 0.25) is 0 Å². The van der Waals surface area contributed by atoms with E-state index in [1.54, 1.807) is 0 Å². The lowest BCUT2D eigenvalue weighted by molar-refractivity contribution is -0.140. The Morgan fingerprint density at radius 2 is 1.96 bits per heavy atom. The van der Waals surface area contributed by atoms with Crippen LogP contribution in [0.5, 0.6) is 0 Å². The van der Waals surface area contributed by atoms with Crippen LogP contribution >= 0.6 is 24.0 Å². The molecule has 0 saturated carbocycles. The molecule has 0 aliphatic rings. The Kier molecular flexibility index (Phi) is 14.0. The minimum absolute atomic E-state index is 0. The van der Waals surface area contributed by atoms with Crippen LogP contribution in [0.3, 0.4) is 0 Å². The number of halogens is 1. The maximum absolute atomic E-state index is 11.2. The summed E-state index contributed by atoms with van der Waals surface area (Å²) in [4.78, 5) is 18.1. The van der Waals surface area contributed by atoms with E-state index in [4.69, 9.17) is 0 Å². The van der Waals surface area contributed by atoms with Crippen LogP contribution in [0, 0.1) is 0 Å². The molecule has 1 aromatic carbocycles. The van der Waals surface area contributed by atoms with Crippen molar-refractivity contribution in [3.05, 3.63) is 35.9 Å². The van der Waals surface area contributed by atoms with E-state index < -0.39 is 0 Å². The normalized spacial score (nSPS) is 12.3. The number of hydrogen-bond donors (Lipinski definition) is 2. The Hall–Kier alpha value is -1.35. The minimum Gasteiger partial charge on any atom is -0.469 e. The van der Waals surface area contributed by atoms with Gasteiger partial charge in [-0.05, 0) is 32.9 Å². The van der Waals surface area contributed by atoms with E-state index in [9.17, 15) is 4.79 Å². The number of nitrogens with one attached hydrogen (secondary N) is 2. The van der Waals surface area contributed by atoms with Crippen molar-refractivity contribution in [3.8, 4) is 0 Å². The smallest absolute Gasteiger partial charge is 0.307 e. The van der Waals surface area contributed by atoms with Crippen molar-refractivity contribution in [2.45, 2.75) is 39.3 Å². The predicted octanol–water partition coefficient (Wildman–Crippen LogP) is 2.63. The SMILES string of the molecule is CCNC(=NCCC(C)N(C)Cc1ccccc1)NCCC(=O)OC.I. The second-order valence-electron chi connectivity index (χ2n) is 6.05. The highest BCUT2D eigenvalue weighted by Crippen LogP contribution is 2.08. The number of aliphatic imine (C=N–C) groups is 1.